The second-order valence-electron chi connectivity index (χ2n) is 6.63. The number of aromatic nitrogens is 1. The Morgan fingerprint density at radius 3 is 2.55 bits per heavy atom. The summed E-state index contributed by atoms with van der Waals surface area (Å²) in [5.74, 6) is 0.517. The van der Waals surface area contributed by atoms with Crippen molar-refractivity contribution in [3.05, 3.63) is 53.2 Å². The van der Waals surface area contributed by atoms with E-state index in [1.165, 1.54) is 6.07 Å². The van der Waals surface area contributed by atoms with Gasteiger partial charge < -0.3 is 4.42 Å². The van der Waals surface area contributed by atoms with Crippen LogP contribution in [0, 0.1) is 11.6 Å². The van der Waals surface area contributed by atoms with Crippen LogP contribution in [0.4, 0.5) is 8.78 Å². The van der Waals surface area contributed by atoms with Crippen LogP contribution < -0.4 is 0 Å². The molecule has 0 saturated carbocycles. The lowest BCUT2D eigenvalue weighted by Gasteiger charge is -2.24. The van der Waals surface area contributed by atoms with Gasteiger partial charge in [0.1, 0.15) is 17.4 Å². The number of nitrogens with zero attached hydrogens (tertiary/aromatic N) is 2. The van der Waals surface area contributed by atoms with E-state index >= 15 is 0 Å². The van der Waals surface area contributed by atoms with Crippen LogP contribution in [0.1, 0.15) is 51.0 Å². The number of hydrogen-bond donors (Lipinski definition) is 0. The molecule has 1 atom stereocenters. The molecule has 2 aromatic rings. The van der Waals surface area contributed by atoms with Crippen LogP contribution in [0.3, 0.4) is 0 Å². The highest BCUT2D eigenvalue weighted by Crippen LogP contribution is 2.26. The molecule has 1 heterocycles. The van der Waals surface area contributed by atoms with Crippen LogP contribution >= 0.6 is 0 Å². The third-order valence-corrected chi connectivity index (χ3v) is 3.75. The largest absolute Gasteiger partial charge is 0.444 e. The Morgan fingerprint density at radius 1 is 1.27 bits per heavy atom. The molecule has 1 aromatic heterocycles. The second kappa shape index (κ2) is 6.16. The summed E-state index contributed by atoms with van der Waals surface area (Å²) in [7, 11) is 1.83. The summed E-state index contributed by atoms with van der Waals surface area (Å²) in [6, 6.07) is 3.21. The Balaban J connectivity index is 2.13. The van der Waals surface area contributed by atoms with Crippen LogP contribution in [-0.2, 0) is 12.0 Å². The normalized spacial score (nSPS) is 13.6. The van der Waals surface area contributed by atoms with Gasteiger partial charge in [-0.05, 0) is 32.2 Å². The zero-order chi connectivity index (χ0) is 16.5. The first kappa shape index (κ1) is 16.6. The SMILES string of the molecule is CC(c1cc(F)ccc1F)N(C)Cc1ncc(C(C)(C)C)o1. The summed E-state index contributed by atoms with van der Waals surface area (Å²) >= 11 is 0. The van der Waals surface area contributed by atoms with Gasteiger partial charge in [-0.1, -0.05) is 20.8 Å². The maximum atomic E-state index is 13.8. The van der Waals surface area contributed by atoms with Gasteiger partial charge in [-0.15, -0.1) is 0 Å². The molecular formula is C17H22F2N2O. The van der Waals surface area contributed by atoms with Gasteiger partial charge in [0.2, 0.25) is 5.89 Å². The van der Waals surface area contributed by atoms with Crippen molar-refractivity contribution in [1.29, 1.82) is 0 Å². The van der Waals surface area contributed by atoms with Crippen molar-refractivity contribution in [3.8, 4) is 0 Å². The van der Waals surface area contributed by atoms with E-state index in [9.17, 15) is 8.78 Å². The van der Waals surface area contributed by atoms with Crippen molar-refractivity contribution in [1.82, 2.24) is 9.88 Å². The fourth-order valence-corrected chi connectivity index (χ4v) is 2.15. The molecule has 0 saturated heterocycles. The molecule has 5 heteroatoms. The highest BCUT2D eigenvalue weighted by molar-refractivity contribution is 5.22. The lowest BCUT2D eigenvalue weighted by molar-refractivity contribution is 0.218. The third kappa shape index (κ3) is 3.71. The summed E-state index contributed by atoms with van der Waals surface area (Å²) in [6.45, 7) is 8.39. The molecule has 0 fully saturated rings. The molecular weight excluding hydrogens is 286 g/mol. The van der Waals surface area contributed by atoms with Gasteiger partial charge in [0, 0.05) is 17.0 Å². The fraction of sp³-hybridized carbons (Fsp3) is 0.471. The molecule has 0 bridgehead atoms. The summed E-state index contributed by atoms with van der Waals surface area (Å²) in [5.41, 5.74) is 0.217. The molecule has 22 heavy (non-hydrogen) atoms. The van der Waals surface area contributed by atoms with E-state index in [-0.39, 0.29) is 11.5 Å². The van der Waals surface area contributed by atoms with Crippen molar-refractivity contribution in [2.45, 2.75) is 45.7 Å². The van der Waals surface area contributed by atoms with Crippen molar-refractivity contribution in [3.63, 3.8) is 0 Å². The van der Waals surface area contributed by atoms with E-state index in [0.717, 1.165) is 17.9 Å². The molecule has 0 spiro atoms. The fourth-order valence-electron chi connectivity index (χ4n) is 2.15. The highest BCUT2D eigenvalue weighted by Gasteiger charge is 2.22. The smallest absolute Gasteiger partial charge is 0.208 e. The average molecular weight is 308 g/mol. The second-order valence-corrected chi connectivity index (χ2v) is 6.63. The Bertz CT molecular complexity index is 646. The van der Waals surface area contributed by atoms with Gasteiger partial charge in [-0.25, -0.2) is 13.8 Å². The van der Waals surface area contributed by atoms with E-state index in [1.807, 2.05) is 39.6 Å². The topological polar surface area (TPSA) is 29.3 Å². The van der Waals surface area contributed by atoms with Crippen LogP contribution in [0.5, 0.6) is 0 Å². The van der Waals surface area contributed by atoms with Crippen molar-refractivity contribution in [2.75, 3.05) is 7.05 Å². The zero-order valence-electron chi connectivity index (χ0n) is 13.7. The van der Waals surface area contributed by atoms with Gasteiger partial charge in [-0.2, -0.15) is 0 Å². The van der Waals surface area contributed by atoms with Crippen molar-refractivity contribution >= 4 is 0 Å². The molecule has 0 aliphatic carbocycles. The van der Waals surface area contributed by atoms with E-state index in [1.54, 1.807) is 6.20 Å². The predicted molar refractivity (Wildman–Crippen MR) is 81.4 cm³/mol. The van der Waals surface area contributed by atoms with Crippen molar-refractivity contribution in [2.24, 2.45) is 0 Å². The molecule has 0 amide bonds. The third-order valence-electron chi connectivity index (χ3n) is 3.75. The summed E-state index contributed by atoms with van der Waals surface area (Å²) in [5, 5.41) is 0. The molecule has 1 aromatic carbocycles. The van der Waals surface area contributed by atoms with E-state index < -0.39 is 11.6 Å². The molecule has 0 aliphatic heterocycles. The zero-order valence-corrected chi connectivity index (χ0v) is 13.7. The summed E-state index contributed by atoms with van der Waals surface area (Å²) in [4.78, 5) is 6.13. The number of rotatable bonds is 4. The van der Waals surface area contributed by atoms with Gasteiger partial charge >= 0.3 is 0 Å². The first-order chi connectivity index (χ1) is 10.2. The minimum absolute atomic E-state index is 0.107. The Labute approximate surface area is 130 Å². The van der Waals surface area contributed by atoms with Gasteiger partial charge in [0.25, 0.3) is 0 Å². The van der Waals surface area contributed by atoms with Crippen LogP contribution in [0.2, 0.25) is 0 Å². The van der Waals surface area contributed by atoms with Gasteiger partial charge in [0.05, 0.1) is 12.7 Å². The maximum Gasteiger partial charge on any atom is 0.208 e. The van der Waals surface area contributed by atoms with Crippen LogP contribution in [0.15, 0.2) is 28.8 Å². The Morgan fingerprint density at radius 2 is 1.95 bits per heavy atom. The molecule has 0 N–H and O–H groups in total. The lowest BCUT2D eigenvalue weighted by Crippen LogP contribution is -2.23. The monoisotopic (exact) mass is 308 g/mol. The summed E-state index contributed by atoms with van der Waals surface area (Å²) in [6.07, 6.45) is 1.72. The number of oxazole rings is 1. The van der Waals surface area contributed by atoms with E-state index in [2.05, 4.69) is 4.98 Å². The molecule has 120 valence electrons. The predicted octanol–water partition coefficient (Wildman–Crippen LogP) is 4.44. The molecule has 0 aliphatic rings. The van der Waals surface area contributed by atoms with E-state index in [0.29, 0.717) is 18.0 Å². The van der Waals surface area contributed by atoms with E-state index in [4.69, 9.17) is 4.42 Å². The lowest BCUT2D eigenvalue weighted by atomic mass is 9.94. The average Bonchev–Trinajstić information content (AvgIpc) is 2.89. The highest BCUT2D eigenvalue weighted by atomic mass is 19.1. The Kier molecular flexibility index (Phi) is 4.66. The molecule has 3 nitrogen and oxygen atoms in total. The number of halogens is 2. The first-order valence-corrected chi connectivity index (χ1v) is 7.29. The minimum Gasteiger partial charge on any atom is -0.444 e. The quantitative estimate of drug-likeness (QED) is 0.836. The molecule has 2 rings (SSSR count). The maximum absolute atomic E-state index is 13.8. The van der Waals surface area contributed by atoms with Crippen LogP contribution in [0.25, 0.3) is 0 Å². The first-order valence-electron chi connectivity index (χ1n) is 7.29. The number of hydrogen-bond acceptors (Lipinski definition) is 3. The molecule has 0 radical (unpaired) electrons. The minimum atomic E-state index is -0.442. The number of benzene rings is 1. The standard InChI is InChI=1S/C17H22F2N2O/c1-11(13-8-12(18)6-7-14(13)19)21(5)10-16-20-9-15(22-16)17(2,3)4/h6-9,11H,10H2,1-5H3. The Hall–Kier alpha value is -1.75. The molecule has 1 unspecified atom stereocenters. The van der Waals surface area contributed by atoms with Gasteiger partial charge in [-0.3, -0.25) is 4.90 Å². The van der Waals surface area contributed by atoms with Gasteiger partial charge in [0.15, 0.2) is 0 Å². The summed E-state index contributed by atoms with van der Waals surface area (Å²) < 4.78 is 32.9. The van der Waals surface area contributed by atoms with Crippen LogP contribution in [-0.4, -0.2) is 16.9 Å². The van der Waals surface area contributed by atoms with Crippen molar-refractivity contribution < 1.29 is 13.2 Å².